The second-order valence-corrected chi connectivity index (χ2v) is 17.4. The first kappa shape index (κ1) is 36.1. The molecule has 4 amide bonds. The van der Waals surface area contributed by atoms with Gasteiger partial charge in [-0.2, -0.15) is 0 Å². The number of nitrogens with zero attached hydrogens (tertiary/aromatic N) is 2. The number of amides is 4. The number of nitrogens with one attached hydrogen (secondary N) is 3. The van der Waals surface area contributed by atoms with E-state index in [2.05, 4.69) is 26.9 Å². The predicted octanol–water partition coefficient (Wildman–Crippen LogP) is 3.50. The van der Waals surface area contributed by atoms with Gasteiger partial charge >= 0.3 is 6.09 Å². The fourth-order valence-corrected chi connectivity index (χ4v) is 7.56. The molecule has 3 N–H and O–H groups in total. The van der Waals surface area contributed by atoms with E-state index in [0.29, 0.717) is 18.7 Å². The SMILES string of the molecule is C=CC1CC1(NC(=O)C1CC(Oc2ncc(C)c3ccccc23)CN1C(=O)C(NC(=O)OC(C)(C)C)C(C)(C)C)C(=O)NS(=O)(=O)C1CC1. The van der Waals surface area contributed by atoms with E-state index in [4.69, 9.17) is 9.47 Å². The number of carbonyl (C=O) groups is 4. The highest BCUT2D eigenvalue weighted by molar-refractivity contribution is 7.91. The summed E-state index contributed by atoms with van der Waals surface area (Å²) in [5.74, 6) is -2.21. The number of hydrogen-bond donors (Lipinski definition) is 3. The lowest BCUT2D eigenvalue weighted by Crippen LogP contribution is -2.60. The van der Waals surface area contributed by atoms with Crippen molar-refractivity contribution >= 4 is 44.6 Å². The number of carbonyl (C=O) groups excluding carboxylic acids is 4. The van der Waals surface area contributed by atoms with Crippen LogP contribution in [0.3, 0.4) is 0 Å². The molecule has 1 aliphatic heterocycles. The van der Waals surface area contributed by atoms with Crippen molar-refractivity contribution in [1.29, 1.82) is 0 Å². The zero-order valence-corrected chi connectivity index (χ0v) is 30.0. The van der Waals surface area contributed by atoms with E-state index in [1.165, 1.54) is 11.0 Å². The monoisotopic (exact) mass is 697 g/mol. The number of fused-ring (bicyclic) bond motifs is 1. The Kier molecular flexibility index (Phi) is 9.52. The Hall–Kier alpha value is -4.20. The smallest absolute Gasteiger partial charge is 0.408 e. The van der Waals surface area contributed by atoms with Crippen molar-refractivity contribution in [3.63, 3.8) is 0 Å². The molecule has 3 fully saturated rings. The Bertz CT molecular complexity index is 1780. The molecular weight excluding hydrogens is 650 g/mol. The van der Waals surface area contributed by atoms with Gasteiger partial charge in [0.1, 0.15) is 29.3 Å². The highest BCUT2D eigenvalue weighted by Crippen LogP contribution is 2.45. The molecule has 5 unspecified atom stereocenters. The third-order valence-corrected chi connectivity index (χ3v) is 10.9. The van der Waals surface area contributed by atoms with Crippen LogP contribution in [0.4, 0.5) is 4.79 Å². The third kappa shape index (κ3) is 7.84. The van der Waals surface area contributed by atoms with E-state index in [0.717, 1.165) is 16.3 Å². The maximum absolute atomic E-state index is 14.4. The van der Waals surface area contributed by atoms with Gasteiger partial charge in [-0.15, -0.1) is 6.58 Å². The van der Waals surface area contributed by atoms with E-state index in [-0.39, 0.29) is 19.4 Å². The summed E-state index contributed by atoms with van der Waals surface area (Å²) in [5, 5.41) is 6.56. The number of alkyl carbamates (subject to hydrolysis) is 1. The summed E-state index contributed by atoms with van der Waals surface area (Å²) in [6, 6.07) is 5.39. The molecule has 0 radical (unpaired) electrons. The second kappa shape index (κ2) is 12.9. The van der Waals surface area contributed by atoms with Crippen LogP contribution < -0.4 is 20.1 Å². The third-order valence-electron chi connectivity index (χ3n) is 9.11. The minimum absolute atomic E-state index is 0.0243. The van der Waals surface area contributed by atoms with Crippen LogP contribution in [-0.4, -0.2) is 83.2 Å². The van der Waals surface area contributed by atoms with Crippen LogP contribution in [0.5, 0.6) is 5.88 Å². The highest BCUT2D eigenvalue weighted by atomic mass is 32.2. The summed E-state index contributed by atoms with van der Waals surface area (Å²) in [5.41, 5.74) is -2.20. The summed E-state index contributed by atoms with van der Waals surface area (Å²) < 4.78 is 39.3. The molecule has 266 valence electrons. The van der Waals surface area contributed by atoms with Gasteiger partial charge in [-0.1, -0.05) is 45.0 Å². The zero-order chi connectivity index (χ0) is 36.1. The van der Waals surface area contributed by atoms with Crippen molar-refractivity contribution < 1.29 is 37.1 Å². The molecule has 49 heavy (non-hydrogen) atoms. The molecular formula is C35H47N5O8S. The lowest BCUT2D eigenvalue weighted by atomic mass is 9.85. The fourth-order valence-electron chi connectivity index (χ4n) is 6.19. The first-order valence-electron chi connectivity index (χ1n) is 16.6. The number of likely N-dealkylation sites (tertiary alicyclic amines) is 1. The van der Waals surface area contributed by atoms with Crippen LogP contribution in [0.25, 0.3) is 10.8 Å². The van der Waals surface area contributed by atoms with Gasteiger partial charge in [-0.25, -0.2) is 18.2 Å². The molecule has 5 atom stereocenters. The van der Waals surface area contributed by atoms with Gasteiger partial charge in [0.05, 0.1) is 11.8 Å². The second-order valence-electron chi connectivity index (χ2n) is 15.4. The quantitative estimate of drug-likeness (QED) is 0.314. The lowest BCUT2D eigenvalue weighted by molar-refractivity contribution is -0.143. The Labute approximate surface area is 287 Å². The zero-order valence-electron chi connectivity index (χ0n) is 29.2. The average molecular weight is 698 g/mol. The predicted molar refractivity (Wildman–Crippen MR) is 183 cm³/mol. The molecule has 2 aromatic rings. The number of hydrogen-bond acceptors (Lipinski definition) is 9. The number of aryl methyl sites for hydroxylation is 1. The summed E-state index contributed by atoms with van der Waals surface area (Å²) in [6.07, 6.45) is 2.84. The average Bonchev–Trinajstić information content (AvgIpc) is 3.92. The largest absolute Gasteiger partial charge is 0.472 e. The van der Waals surface area contributed by atoms with Crippen LogP contribution in [0.15, 0.2) is 43.1 Å². The Morgan fingerprint density at radius 1 is 1.08 bits per heavy atom. The van der Waals surface area contributed by atoms with Crippen molar-refractivity contribution in [2.45, 2.75) is 109 Å². The topological polar surface area (TPSA) is 173 Å². The number of pyridine rings is 1. The lowest BCUT2D eigenvalue weighted by Gasteiger charge is -2.36. The van der Waals surface area contributed by atoms with Crippen molar-refractivity contribution in [3.05, 3.63) is 48.7 Å². The number of ether oxygens (including phenoxy) is 2. The van der Waals surface area contributed by atoms with E-state index < -0.39 is 79.7 Å². The van der Waals surface area contributed by atoms with Gasteiger partial charge in [-0.3, -0.25) is 19.1 Å². The van der Waals surface area contributed by atoms with Crippen LogP contribution in [0.2, 0.25) is 0 Å². The van der Waals surface area contributed by atoms with E-state index >= 15 is 0 Å². The maximum atomic E-state index is 14.4. The van der Waals surface area contributed by atoms with Gasteiger partial charge < -0.3 is 25.0 Å². The van der Waals surface area contributed by atoms with Crippen molar-refractivity contribution in [2.24, 2.45) is 11.3 Å². The van der Waals surface area contributed by atoms with Gasteiger partial charge in [0.15, 0.2) is 0 Å². The van der Waals surface area contributed by atoms with Crippen molar-refractivity contribution in [1.82, 2.24) is 25.2 Å². The highest BCUT2D eigenvalue weighted by Gasteiger charge is 2.62. The number of rotatable bonds is 10. The molecule has 14 heteroatoms. The summed E-state index contributed by atoms with van der Waals surface area (Å²) in [7, 11) is -3.89. The molecule has 1 aromatic carbocycles. The number of sulfonamides is 1. The van der Waals surface area contributed by atoms with E-state index in [9.17, 15) is 27.6 Å². The van der Waals surface area contributed by atoms with Crippen molar-refractivity contribution in [2.75, 3.05) is 6.54 Å². The molecule has 2 saturated carbocycles. The fraction of sp³-hybridized carbons (Fsp3) is 0.571. The summed E-state index contributed by atoms with van der Waals surface area (Å²) >= 11 is 0. The van der Waals surface area contributed by atoms with Crippen LogP contribution in [0.1, 0.15) is 72.8 Å². The van der Waals surface area contributed by atoms with Crippen molar-refractivity contribution in [3.8, 4) is 5.88 Å². The van der Waals surface area contributed by atoms with E-state index in [1.807, 2.05) is 31.2 Å². The first-order valence-corrected chi connectivity index (χ1v) is 18.1. The molecule has 0 bridgehead atoms. The van der Waals surface area contributed by atoms with E-state index in [1.54, 1.807) is 47.7 Å². The minimum Gasteiger partial charge on any atom is -0.472 e. The summed E-state index contributed by atoms with van der Waals surface area (Å²) in [6.45, 7) is 16.2. The Morgan fingerprint density at radius 3 is 2.31 bits per heavy atom. The standard InChI is InChI=1S/C35H47N5O8S/c1-9-21-17-35(21,31(43)39-49(45,46)23-14-15-23)38-28(41)26-16-22(47-29-25-13-11-10-12-24(25)20(2)18-36-29)19-40(26)30(42)27(33(3,4)5)37-32(44)48-34(6,7)8/h9-13,18,21-23,26-27H,1,14-17,19H2,2-8H3,(H,37,44)(H,38,41)(H,39,43). The van der Waals surface area contributed by atoms with Crippen LogP contribution >= 0.6 is 0 Å². The molecule has 2 aliphatic carbocycles. The van der Waals surface area contributed by atoms with Gasteiger partial charge in [0.25, 0.3) is 5.91 Å². The van der Waals surface area contributed by atoms with Gasteiger partial charge in [-0.05, 0) is 69.4 Å². The normalized spacial score (nSPS) is 24.5. The molecule has 13 nitrogen and oxygen atoms in total. The number of aromatic nitrogens is 1. The molecule has 0 spiro atoms. The Morgan fingerprint density at radius 2 is 1.73 bits per heavy atom. The van der Waals surface area contributed by atoms with Crippen LogP contribution in [0, 0.1) is 18.3 Å². The summed E-state index contributed by atoms with van der Waals surface area (Å²) in [4.78, 5) is 60.7. The molecule has 2 heterocycles. The molecule has 5 rings (SSSR count). The molecule has 1 aromatic heterocycles. The Balaban J connectivity index is 1.44. The molecule has 1 saturated heterocycles. The van der Waals surface area contributed by atoms with Gasteiger partial charge in [0.2, 0.25) is 27.7 Å². The van der Waals surface area contributed by atoms with Gasteiger partial charge in [0, 0.05) is 23.9 Å². The maximum Gasteiger partial charge on any atom is 0.408 e. The molecule has 3 aliphatic rings. The minimum atomic E-state index is -3.89. The first-order chi connectivity index (χ1) is 22.8. The van der Waals surface area contributed by atoms with Crippen LogP contribution in [-0.2, 0) is 29.1 Å². The number of benzene rings is 1.